The number of nitrogens with zero attached hydrogens (tertiary/aromatic N) is 1. The van der Waals surface area contributed by atoms with Gasteiger partial charge in [-0.05, 0) is 25.0 Å². The molecule has 1 fully saturated rings. The summed E-state index contributed by atoms with van der Waals surface area (Å²) in [6.07, 6.45) is -2.96. The predicted molar refractivity (Wildman–Crippen MR) is 52.6 cm³/mol. The first kappa shape index (κ1) is 11.9. The average Bonchev–Trinajstić information content (AvgIpc) is 3.10. The molecule has 1 aromatic heterocycles. The first-order valence-corrected chi connectivity index (χ1v) is 5.10. The second kappa shape index (κ2) is 4.01. The van der Waals surface area contributed by atoms with Gasteiger partial charge in [-0.15, -0.1) is 0 Å². The molecule has 2 rings (SSSR count). The number of carbonyl (C=O) groups is 1. The highest BCUT2D eigenvalue weighted by Crippen LogP contribution is 2.42. The molecule has 0 aromatic carbocycles. The Bertz CT molecular complexity index is 453. The number of rotatable bonds is 2. The van der Waals surface area contributed by atoms with Crippen molar-refractivity contribution < 1.29 is 22.7 Å². The van der Waals surface area contributed by atoms with E-state index in [2.05, 4.69) is 9.72 Å². The number of esters is 1. The number of halogens is 3. The summed E-state index contributed by atoms with van der Waals surface area (Å²) in [5.74, 6) is -0.695. The maximum absolute atomic E-state index is 12.5. The number of hydrogen-bond donors (Lipinski definition) is 0. The highest BCUT2D eigenvalue weighted by Gasteiger charge is 2.36. The molecule has 0 spiro atoms. The summed E-state index contributed by atoms with van der Waals surface area (Å²) < 4.78 is 42.0. The van der Waals surface area contributed by atoms with Crippen molar-refractivity contribution in [3.63, 3.8) is 0 Å². The van der Waals surface area contributed by atoms with Crippen LogP contribution in [0.3, 0.4) is 0 Å². The maximum atomic E-state index is 12.5. The lowest BCUT2D eigenvalue weighted by Crippen LogP contribution is -2.13. The van der Waals surface area contributed by atoms with Crippen LogP contribution >= 0.6 is 0 Å². The van der Waals surface area contributed by atoms with Crippen LogP contribution in [-0.4, -0.2) is 18.1 Å². The van der Waals surface area contributed by atoms with Crippen LogP contribution in [-0.2, 0) is 10.9 Å². The zero-order valence-electron chi connectivity index (χ0n) is 9.04. The van der Waals surface area contributed by atoms with Crippen molar-refractivity contribution >= 4 is 5.97 Å². The van der Waals surface area contributed by atoms with Crippen molar-refractivity contribution in [1.29, 1.82) is 0 Å². The van der Waals surface area contributed by atoms with Gasteiger partial charge in [-0.1, -0.05) is 0 Å². The molecule has 0 unspecified atom stereocenters. The molecule has 0 bridgehead atoms. The molecule has 17 heavy (non-hydrogen) atoms. The van der Waals surface area contributed by atoms with E-state index in [1.54, 1.807) is 0 Å². The molecule has 0 atom stereocenters. The van der Waals surface area contributed by atoms with E-state index < -0.39 is 17.8 Å². The van der Waals surface area contributed by atoms with Gasteiger partial charge in [-0.25, -0.2) is 9.78 Å². The monoisotopic (exact) mass is 245 g/mol. The Hall–Kier alpha value is -1.59. The van der Waals surface area contributed by atoms with Crippen LogP contribution in [0.5, 0.6) is 0 Å². The first-order valence-electron chi connectivity index (χ1n) is 5.10. The Kier molecular flexibility index (Phi) is 2.81. The fraction of sp³-hybridized carbons (Fsp3) is 0.455. The van der Waals surface area contributed by atoms with Crippen LogP contribution < -0.4 is 0 Å². The van der Waals surface area contributed by atoms with Gasteiger partial charge in [0.25, 0.3) is 0 Å². The second-order valence-corrected chi connectivity index (χ2v) is 3.89. The van der Waals surface area contributed by atoms with Gasteiger partial charge in [-0.3, -0.25) is 0 Å². The largest absolute Gasteiger partial charge is 0.465 e. The Balaban J connectivity index is 2.45. The van der Waals surface area contributed by atoms with Crippen LogP contribution in [0.2, 0.25) is 0 Å². The third kappa shape index (κ3) is 2.40. The molecule has 0 radical (unpaired) electrons. The molecule has 0 N–H and O–H groups in total. The molecule has 1 heterocycles. The van der Waals surface area contributed by atoms with E-state index in [9.17, 15) is 18.0 Å². The molecule has 1 aliphatic rings. The average molecular weight is 245 g/mol. The van der Waals surface area contributed by atoms with Crippen molar-refractivity contribution in [2.45, 2.75) is 24.9 Å². The van der Waals surface area contributed by atoms with Gasteiger partial charge in [0.05, 0.1) is 18.4 Å². The number of hydrogen-bond acceptors (Lipinski definition) is 3. The van der Waals surface area contributed by atoms with E-state index in [-0.39, 0.29) is 17.2 Å². The number of aromatic nitrogens is 1. The van der Waals surface area contributed by atoms with E-state index in [4.69, 9.17) is 0 Å². The van der Waals surface area contributed by atoms with Gasteiger partial charge in [0.1, 0.15) is 5.69 Å². The fourth-order valence-electron chi connectivity index (χ4n) is 1.58. The fourth-order valence-corrected chi connectivity index (χ4v) is 1.58. The van der Waals surface area contributed by atoms with Crippen LogP contribution in [0.4, 0.5) is 13.2 Å². The van der Waals surface area contributed by atoms with Crippen LogP contribution in [0.1, 0.15) is 40.5 Å². The van der Waals surface area contributed by atoms with Crippen molar-refractivity contribution in [3.8, 4) is 0 Å². The highest BCUT2D eigenvalue weighted by molar-refractivity contribution is 5.90. The second-order valence-electron chi connectivity index (χ2n) is 3.89. The minimum Gasteiger partial charge on any atom is -0.465 e. The van der Waals surface area contributed by atoms with Crippen LogP contribution in [0, 0.1) is 0 Å². The Morgan fingerprint density at radius 3 is 2.53 bits per heavy atom. The van der Waals surface area contributed by atoms with E-state index in [1.807, 2.05) is 0 Å². The zero-order valence-corrected chi connectivity index (χ0v) is 9.04. The SMILES string of the molecule is COC(=O)c1ccc(C(F)(F)F)nc1C1CC1. The number of pyridine rings is 1. The van der Waals surface area contributed by atoms with Crippen molar-refractivity contribution in [2.75, 3.05) is 7.11 Å². The normalized spacial score (nSPS) is 15.8. The summed E-state index contributed by atoms with van der Waals surface area (Å²) >= 11 is 0. The third-order valence-electron chi connectivity index (χ3n) is 2.58. The van der Waals surface area contributed by atoms with Crippen molar-refractivity contribution in [1.82, 2.24) is 4.98 Å². The molecule has 1 aromatic rings. The molecule has 92 valence electrons. The highest BCUT2D eigenvalue weighted by atomic mass is 19.4. The summed E-state index contributed by atoms with van der Waals surface area (Å²) in [5.41, 5.74) is -0.637. The molecule has 3 nitrogen and oxygen atoms in total. The van der Waals surface area contributed by atoms with Crippen LogP contribution in [0.25, 0.3) is 0 Å². The first-order chi connectivity index (χ1) is 7.93. The van der Waals surface area contributed by atoms with Gasteiger partial charge >= 0.3 is 12.1 Å². The lowest BCUT2D eigenvalue weighted by atomic mass is 10.1. The van der Waals surface area contributed by atoms with Crippen LogP contribution in [0.15, 0.2) is 12.1 Å². The van der Waals surface area contributed by atoms with E-state index >= 15 is 0 Å². The van der Waals surface area contributed by atoms with Crippen molar-refractivity contribution in [2.24, 2.45) is 0 Å². The molecule has 1 aliphatic carbocycles. The number of carbonyl (C=O) groups excluding carboxylic acids is 1. The van der Waals surface area contributed by atoms with E-state index in [0.29, 0.717) is 0 Å². The quantitative estimate of drug-likeness (QED) is 0.752. The molecule has 0 amide bonds. The lowest BCUT2D eigenvalue weighted by molar-refractivity contribution is -0.141. The molecular formula is C11H10F3NO2. The Labute approximate surface area is 95.6 Å². The Morgan fingerprint density at radius 1 is 1.41 bits per heavy atom. The molecular weight excluding hydrogens is 235 g/mol. The molecule has 1 saturated carbocycles. The standard InChI is InChI=1S/C11H10F3NO2/c1-17-10(16)7-4-5-8(11(12,13)14)15-9(7)6-2-3-6/h4-6H,2-3H2,1H3. The number of ether oxygens (including phenoxy) is 1. The number of alkyl halides is 3. The van der Waals surface area contributed by atoms with E-state index in [1.165, 1.54) is 7.11 Å². The summed E-state index contributed by atoms with van der Waals surface area (Å²) in [5, 5.41) is 0. The smallest absolute Gasteiger partial charge is 0.433 e. The lowest BCUT2D eigenvalue weighted by Gasteiger charge is -2.10. The summed E-state index contributed by atoms with van der Waals surface area (Å²) in [6, 6.07) is 1.94. The van der Waals surface area contributed by atoms with Gasteiger partial charge in [0.2, 0.25) is 0 Å². The molecule has 0 saturated heterocycles. The number of methoxy groups -OCH3 is 1. The summed E-state index contributed by atoms with van der Waals surface area (Å²) in [7, 11) is 1.19. The van der Waals surface area contributed by atoms with Gasteiger partial charge in [0, 0.05) is 5.92 Å². The molecule has 0 aliphatic heterocycles. The topological polar surface area (TPSA) is 39.2 Å². The third-order valence-corrected chi connectivity index (χ3v) is 2.58. The minimum atomic E-state index is -4.49. The van der Waals surface area contributed by atoms with Gasteiger partial charge in [-0.2, -0.15) is 13.2 Å². The van der Waals surface area contributed by atoms with E-state index in [0.717, 1.165) is 25.0 Å². The zero-order chi connectivity index (χ0) is 12.6. The van der Waals surface area contributed by atoms with Gasteiger partial charge < -0.3 is 4.74 Å². The predicted octanol–water partition coefficient (Wildman–Crippen LogP) is 2.76. The summed E-state index contributed by atoms with van der Waals surface area (Å²) in [4.78, 5) is 14.9. The summed E-state index contributed by atoms with van der Waals surface area (Å²) in [6.45, 7) is 0. The molecule has 6 heteroatoms. The minimum absolute atomic E-state index is 0.0496. The Morgan fingerprint density at radius 2 is 2.06 bits per heavy atom. The maximum Gasteiger partial charge on any atom is 0.433 e. The van der Waals surface area contributed by atoms with Gasteiger partial charge in [0.15, 0.2) is 0 Å². The van der Waals surface area contributed by atoms with Crippen molar-refractivity contribution in [3.05, 3.63) is 29.1 Å².